The van der Waals surface area contributed by atoms with Crippen molar-refractivity contribution in [2.75, 3.05) is 46.4 Å². The normalized spacial score (nSPS) is 19.3. The van der Waals surface area contributed by atoms with Crippen LogP contribution in [0.2, 0.25) is 0 Å². The van der Waals surface area contributed by atoms with E-state index in [2.05, 4.69) is 30.0 Å². The molecular formula is C24H37N3O4. The average molecular weight is 432 g/mol. The lowest BCUT2D eigenvalue weighted by Gasteiger charge is -2.35. The van der Waals surface area contributed by atoms with Gasteiger partial charge in [0.15, 0.2) is 0 Å². The highest BCUT2D eigenvalue weighted by atomic mass is 16.5. The average Bonchev–Trinajstić information content (AvgIpc) is 2.96. The molecule has 0 saturated carbocycles. The number of carbonyl (C=O) groups excluding carboxylic acids is 1. The van der Waals surface area contributed by atoms with Crippen LogP contribution in [-0.2, 0) is 17.6 Å². The Morgan fingerprint density at radius 2 is 2.06 bits per heavy atom. The van der Waals surface area contributed by atoms with Gasteiger partial charge in [0.2, 0.25) is 5.91 Å². The summed E-state index contributed by atoms with van der Waals surface area (Å²) < 4.78 is 5.42. The van der Waals surface area contributed by atoms with E-state index in [4.69, 9.17) is 9.84 Å². The molecule has 0 radical (unpaired) electrons. The van der Waals surface area contributed by atoms with Gasteiger partial charge in [0.25, 0.3) is 0 Å². The molecule has 0 bridgehead atoms. The third kappa shape index (κ3) is 6.35. The molecule has 1 aliphatic heterocycles. The molecule has 1 N–H and O–H groups in total. The molecule has 1 aromatic rings. The zero-order chi connectivity index (χ0) is 22.2. The van der Waals surface area contributed by atoms with E-state index in [-0.39, 0.29) is 12.5 Å². The van der Waals surface area contributed by atoms with Crippen molar-refractivity contribution in [3.05, 3.63) is 29.3 Å². The molecule has 7 heteroatoms. The Bertz CT molecular complexity index is 754. The highest BCUT2D eigenvalue weighted by Crippen LogP contribution is 2.28. The zero-order valence-electron chi connectivity index (χ0n) is 19.0. The second-order valence-corrected chi connectivity index (χ2v) is 8.71. The van der Waals surface area contributed by atoms with Crippen LogP contribution in [0, 0.1) is 0 Å². The van der Waals surface area contributed by atoms with Gasteiger partial charge in [0.1, 0.15) is 12.3 Å². The van der Waals surface area contributed by atoms with E-state index in [0.717, 1.165) is 57.5 Å². The van der Waals surface area contributed by atoms with E-state index in [1.807, 2.05) is 4.90 Å². The molecule has 1 saturated heterocycles. The first-order valence-corrected chi connectivity index (χ1v) is 11.7. The number of fused-ring (bicyclic) bond motifs is 1. The largest absolute Gasteiger partial charge is 0.497 e. The van der Waals surface area contributed by atoms with E-state index < -0.39 is 6.09 Å². The highest BCUT2D eigenvalue weighted by Gasteiger charge is 2.26. The van der Waals surface area contributed by atoms with Crippen molar-refractivity contribution in [1.29, 1.82) is 0 Å². The summed E-state index contributed by atoms with van der Waals surface area (Å²) in [5.41, 5.74) is 2.86. The second-order valence-electron chi connectivity index (χ2n) is 8.71. The van der Waals surface area contributed by atoms with E-state index in [1.54, 1.807) is 7.11 Å². The molecule has 3 rings (SSSR count). The molecule has 2 amide bonds. The maximum absolute atomic E-state index is 12.4. The maximum Gasteiger partial charge on any atom is 0.407 e. The van der Waals surface area contributed by atoms with Gasteiger partial charge in [-0.05, 0) is 81.3 Å². The molecular weight excluding hydrogens is 394 g/mol. The van der Waals surface area contributed by atoms with Crippen LogP contribution in [0.3, 0.4) is 0 Å². The molecule has 0 aromatic heterocycles. The number of methoxy groups -OCH3 is 1. The fourth-order valence-electron chi connectivity index (χ4n) is 4.85. The van der Waals surface area contributed by atoms with Crippen LogP contribution in [0.5, 0.6) is 5.75 Å². The molecule has 172 valence electrons. The second kappa shape index (κ2) is 11.4. The smallest absolute Gasteiger partial charge is 0.407 e. The van der Waals surface area contributed by atoms with Gasteiger partial charge < -0.3 is 19.6 Å². The summed E-state index contributed by atoms with van der Waals surface area (Å²) in [6, 6.07) is 7.02. The lowest BCUT2D eigenvalue weighted by molar-refractivity contribution is -0.131. The number of hydrogen-bond acceptors (Lipinski definition) is 4. The topological polar surface area (TPSA) is 73.3 Å². The van der Waals surface area contributed by atoms with Gasteiger partial charge in [-0.25, -0.2) is 4.79 Å². The number of unbranched alkanes of at least 4 members (excludes halogenated alkanes) is 1. The Morgan fingerprint density at radius 3 is 2.81 bits per heavy atom. The van der Waals surface area contributed by atoms with Gasteiger partial charge in [-0.15, -0.1) is 0 Å². The van der Waals surface area contributed by atoms with E-state index in [0.29, 0.717) is 25.6 Å². The molecule has 2 aliphatic rings. The van der Waals surface area contributed by atoms with Crippen LogP contribution >= 0.6 is 0 Å². The summed E-state index contributed by atoms with van der Waals surface area (Å²) in [6.45, 7) is 6.18. The lowest BCUT2D eigenvalue weighted by atomic mass is 9.87. The standard InChI is InChI=1S/C24H37N3O4/c1-3-11-25(21-9-7-19-8-10-22(31-2)17-20(19)16-21)12-4-5-13-26-14-6-15-27(24(29)30)18-23(26)28/h8,10,17,21H,3-7,9,11-16,18H2,1-2H3,(H,29,30). The number of hydrogen-bond donors (Lipinski definition) is 1. The molecule has 1 atom stereocenters. The van der Waals surface area contributed by atoms with Gasteiger partial charge in [-0.1, -0.05) is 13.0 Å². The Labute approximate surface area is 185 Å². The fourth-order valence-corrected chi connectivity index (χ4v) is 4.85. The summed E-state index contributed by atoms with van der Waals surface area (Å²) in [5.74, 6) is 0.869. The minimum Gasteiger partial charge on any atom is -0.497 e. The van der Waals surface area contributed by atoms with Gasteiger partial charge in [0, 0.05) is 25.7 Å². The van der Waals surface area contributed by atoms with Crippen molar-refractivity contribution >= 4 is 12.0 Å². The van der Waals surface area contributed by atoms with Crippen molar-refractivity contribution < 1.29 is 19.4 Å². The molecule has 1 heterocycles. The minimum atomic E-state index is -1.00. The monoisotopic (exact) mass is 431 g/mol. The molecule has 1 aliphatic carbocycles. The number of carbonyl (C=O) groups is 2. The predicted molar refractivity (Wildman–Crippen MR) is 121 cm³/mol. The third-order valence-corrected chi connectivity index (χ3v) is 6.57. The number of amides is 2. The van der Waals surface area contributed by atoms with Crippen LogP contribution < -0.4 is 4.74 Å². The summed E-state index contributed by atoms with van der Waals surface area (Å²) in [5, 5.41) is 9.15. The highest BCUT2D eigenvalue weighted by molar-refractivity contribution is 5.82. The van der Waals surface area contributed by atoms with Gasteiger partial charge in [-0.2, -0.15) is 0 Å². The van der Waals surface area contributed by atoms with Gasteiger partial charge >= 0.3 is 6.09 Å². The molecule has 1 fully saturated rings. The number of rotatable bonds is 9. The van der Waals surface area contributed by atoms with Crippen molar-refractivity contribution in [3.63, 3.8) is 0 Å². The third-order valence-electron chi connectivity index (χ3n) is 6.57. The SMILES string of the molecule is CCCN(CCCCN1CCCN(C(=O)O)CC1=O)C1CCc2ccc(OC)cc2C1. The first-order valence-electron chi connectivity index (χ1n) is 11.7. The number of aryl methyl sites for hydroxylation is 1. The summed E-state index contributed by atoms with van der Waals surface area (Å²) in [6.07, 6.45) is 6.23. The van der Waals surface area contributed by atoms with Crippen molar-refractivity contribution in [3.8, 4) is 5.75 Å². The van der Waals surface area contributed by atoms with Gasteiger partial charge in [0.05, 0.1) is 7.11 Å². The van der Waals surface area contributed by atoms with E-state index in [9.17, 15) is 9.59 Å². The van der Waals surface area contributed by atoms with Crippen LogP contribution in [0.4, 0.5) is 4.79 Å². The Balaban J connectivity index is 1.48. The van der Waals surface area contributed by atoms with E-state index in [1.165, 1.54) is 22.4 Å². The lowest BCUT2D eigenvalue weighted by Crippen LogP contribution is -2.41. The first kappa shape index (κ1) is 23.4. The summed E-state index contributed by atoms with van der Waals surface area (Å²) in [7, 11) is 1.72. The predicted octanol–water partition coefficient (Wildman–Crippen LogP) is 3.26. The molecule has 31 heavy (non-hydrogen) atoms. The maximum atomic E-state index is 12.4. The van der Waals surface area contributed by atoms with Crippen LogP contribution in [-0.4, -0.2) is 84.2 Å². The summed E-state index contributed by atoms with van der Waals surface area (Å²) >= 11 is 0. The number of benzene rings is 1. The van der Waals surface area contributed by atoms with Crippen molar-refractivity contribution in [2.24, 2.45) is 0 Å². The number of carboxylic acid groups (broad SMARTS) is 1. The quantitative estimate of drug-likeness (QED) is 0.608. The Kier molecular flexibility index (Phi) is 8.58. The number of ether oxygens (including phenoxy) is 1. The van der Waals surface area contributed by atoms with Crippen LogP contribution in [0.15, 0.2) is 18.2 Å². The number of nitrogens with zero attached hydrogens (tertiary/aromatic N) is 3. The Hall–Kier alpha value is -2.28. The molecule has 1 aromatic carbocycles. The van der Waals surface area contributed by atoms with Crippen molar-refractivity contribution in [2.45, 2.75) is 57.9 Å². The van der Waals surface area contributed by atoms with Crippen LogP contribution in [0.1, 0.15) is 50.2 Å². The molecule has 0 spiro atoms. The van der Waals surface area contributed by atoms with Crippen molar-refractivity contribution in [1.82, 2.24) is 14.7 Å². The molecule has 7 nitrogen and oxygen atoms in total. The fraction of sp³-hybridized carbons (Fsp3) is 0.667. The van der Waals surface area contributed by atoms with Crippen LogP contribution in [0.25, 0.3) is 0 Å². The van der Waals surface area contributed by atoms with Gasteiger partial charge in [-0.3, -0.25) is 9.69 Å². The molecule has 1 unspecified atom stereocenters. The summed E-state index contributed by atoms with van der Waals surface area (Å²) in [4.78, 5) is 29.2. The zero-order valence-corrected chi connectivity index (χ0v) is 19.0. The van der Waals surface area contributed by atoms with E-state index >= 15 is 0 Å². The minimum absolute atomic E-state index is 0.0117. The first-order chi connectivity index (χ1) is 15.0. The Morgan fingerprint density at radius 1 is 1.23 bits per heavy atom.